The van der Waals surface area contributed by atoms with E-state index in [1.165, 1.54) is 18.2 Å². The van der Waals surface area contributed by atoms with Crippen LogP contribution < -0.4 is 0 Å². The van der Waals surface area contributed by atoms with Gasteiger partial charge in [-0.25, -0.2) is 0 Å². The Balaban J connectivity index is 2.31. The van der Waals surface area contributed by atoms with Crippen LogP contribution in [-0.2, 0) is 23.2 Å². The summed E-state index contributed by atoms with van der Waals surface area (Å²) in [5, 5.41) is 0. The molecule has 0 saturated carbocycles. The number of alkyl halides is 6. The molecule has 0 amide bonds. The second-order valence-electron chi connectivity index (χ2n) is 12.1. The zero-order chi connectivity index (χ0) is 29.7. The predicted octanol–water partition coefficient (Wildman–Crippen LogP) is 11.3. The maximum Gasteiger partial charge on any atom is 0.417 e. The van der Waals surface area contributed by atoms with Gasteiger partial charge in [0.2, 0.25) is 0 Å². The van der Waals surface area contributed by atoms with E-state index in [9.17, 15) is 26.3 Å². The van der Waals surface area contributed by atoms with E-state index in [1.807, 2.05) is 53.7 Å². The molecule has 0 aliphatic carbocycles. The van der Waals surface area contributed by atoms with Crippen molar-refractivity contribution in [2.24, 2.45) is 0 Å². The van der Waals surface area contributed by atoms with Gasteiger partial charge in [0.25, 0.3) is 0 Å². The average molecular weight is 555 g/mol. The minimum absolute atomic E-state index is 0.107. The largest absolute Gasteiger partial charge is 0.417 e. The summed E-state index contributed by atoms with van der Waals surface area (Å²) in [5.41, 5.74) is -0.251. The third-order valence-corrected chi connectivity index (χ3v) is 7.02. The molecule has 0 radical (unpaired) electrons. The Morgan fingerprint density at radius 1 is 0.400 bits per heavy atom. The summed E-state index contributed by atoms with van der Waals surface area (Å²) in [4.78, 5) is 0. The lowest BCUT2D eigenvalue weighted by atomic mass is 9.76. The fraction of sp³-hybridized carbons (Fsp3) is 0.294. The molecule has 0 nitrogen and oxygen atoms in total. The van der Waals surface area contributed by atoms with Crippen molar-refractivity contribution in [3.05, 3.63) is 107 Å². The molecule has 0 saturated heterocycles. The molecule has 0 aromatic heterocycles. The summed E-state index contributed by atoms with van der Waals surface area (Å²) in [5.74, 6) is 0. The van der Waals surface area contributed by atoms with E-state index in [0.717, 1.165) is 29.3 Å². The fourth-order valence-corrected chi connectivity index (χ4v) is 5.21. The van der Waals surface area contributed by atoms with Gasteiger partial charge in [-0.1, -0.05) is 108 Å². The van der Waals surface area contributed by atoms with Gasteiger partial charge < -0.3 is 0 Å². The van der Waals surface area contributed by atoms with Crippen molar-refractivity contribution in [3.8, 4) is 33.4 Å². The zero-order valence-corrected chi connectivity index (χ0v) is 23.4. The number of benzene rings is 4. The van der Waals surface area contributed by atoms with Crippen LogP contribution in [0.15, 0.2) is 84.9 Å². The molecule has 0 spiro atoms. The predicted molar refractivity (Wildman–Crippen MR) is 150 cm³/mol. The Kier molecular flexibility index (Phi) is 7.46. The van der Waals surface area contributed by atoms with Gasteiger partial charge in [-0.15, -0.1) is 0 Å². The molecule has 0 fully saturated rings. The second-order valence-corrected chi connectivity index (χ2v) is 12.1. The van der Waals surface area contributed by atoms with Crippen molar-refractivity contribution >= 4 is 0 Å². The van der Waals surface area contributed by atoms with Crippen LogP contribution in [-0.4, -0.2) is 0 Å². The zero-order valence-electron chi connectivity index (χ0n) is 23.4. The summed E-state index contributed by atoms with van der Waals surface area (Å²) in [6, 6.07) is 21.1. The maximum atomic E-state index is 14.5. The standard InChI is InChI=1S/C34H32F6/c1-31(2,3)27-16-10-7-13-22(27)25-19-21(33(35,36)37)20-26(23-14-8-11-17-28(23)32(4,5)6)30(25)24-15-9-12-18-29(24)34(38,39)40/h7-20H,1-6H3. The minimum Gasteiger partial charge on any atom is -0.166 e. The Labute approximate surface area is 231 Å². The lowest BCUT2D eigenvalue weighted by molar-refractivity contribution is -0.138. The molecule has 0 unspecified atom stereocenters. The normalized spacial score (nSPS) is 13.0. The smallest absolute Gasteiger partial charge is 0.166 e. The fourth-order valence-electron chi connectivity index (χ4n) is 5.21. The first-order valence-electron chi connectivity index (χ1n) is 13.0. The molecule has 4 aromatic carbocycles. The van der Waals surface area contributed by atoms with Crippen molar-refractivity contribution in [3.63, 3.8) is 0 Å². The minimum atomic E-state index is -4.72. The van der Waals surface area contributed by atoms with Crippen LogP contribution in [0.2, 0.25) is 0 Å². The Morgan fingerprint density at radius 3 is 1.10 bits per heavy atom. The third kappa shape index (κ3) is 5.81. The van der Waals surface area contributed by atoms with Gasteiger partial charge in [-0.2, -0.15) is 26.3 Å². The van der Waals surface area contributed by atoms with Crippen molar-refractivity contribution < 1.29 is 26.3 Å². The van der Waals surface area contributed by atoms with E-state index in [0.29, 0.717) is 11.1 Å². The molecule has 40 heavy (non-hydrogen) atoms. The molecule has 0 aliphatic rings. The molecule has 210 valence electrons. The molecule has 0 aliphatic heterocycles. The van der Waals surface area contributed by atoms with Crippen LogP contribution in [0.3, 0.4) is 0 Å². The van der Waals surface area contributed by atoms with Gasteiger partial charge in [0.15, 0.2) is 0 Å². The van der Waals surface area contributed by atoms with Crippen molar-refractivity contribution in [2.75, 3.05) is 0 Å². The Hall–Kier alpha value is -3.54. The van der Waals surface area contributed by atoms with Crippen LogP contribution in [0.1, 0.15) is 63.8 Å². The van der Waals surface area contributed by atoms with Gasteiger partial charge in [-0.05, 0) is 73.5 Å². The topological polar surface area (TPSA) is 0 Å². The van der Waals surface area contributed by atoms with Gasteiger partial charge >= 0.3 is 12.4 Å². The lowest BCUT2D eigenvalue weighted by Gasteiger charge is -2.29. The van der Waals surface area contributed by atoms with Crippen LogP contribution in [0.4, 0.5) is 26.3 Å². The molecule has 6 heteroatoms. The summed E-state index contributed by atoms with van der Waals surface area (Å²) in [7, 11) is 0. The Bertz CT molecular complexity index is 1450. The average Bonchev–Trinajstić information content (AvgIpc) is 2.86. The van der Waals surface area contributed by atoms with Gasteiger partial charge in [0.1, 0.15) is 0 Å². The summed E-state index contributed by atoms with van der Waals surface area (Å²) in [6.07, 6.45) is -9.44. The second kappa shape index (κ2) is 10.1. The van der Waals surface area contributed by atoms with E-state index < -0.39 is 34.3 Å². The van der Waals surface area contributed by atoms with E-state index >= 15 is 0 Å². The van der Waals surface area contributed by atoms with Crippen LogP contribution in [0.5, 0.6) is 0 Å². The van der Waals surface area contributed by atoms with Crippen LogP contribution in [0.25, 0.3) is 33.4 Å². The molecular weight excluding hydrogens is 522 g/mol. The number of hydrogen-bond acceptors (Lipinski definition) is 0. The highest BCUT2D eigenvalue weighted by molar-refractivity contribution is 5.97. The highest BCUT2D eigenvalue weighted by Gasteiger charge is 2.38. The number of halogens is 6. The molecule has 0 heterocycles. The van der Waals surface area contributed by atoms with Crippen molar-refractivity contribution in [1.29, 1.82) is 0 Å². The summed E-state index contributed by atoms with van der Waals surface area (Å²) < 4.78 is 86.7. The van der Waals surface area contributed by atoms with Gasteiger partial charge in [0, 0.05) is 0 Å². The Morgan fingerprint density at radius 2 is 0.750 bits per heavy atom. The quantitative estimate of drug-likeness (QED) is 0.221. The molecule has 0 atom stereocenters. The number of rotatable bonds is 3. The van der Waals surface area contributed by atoms with Gasteiger partial charge in [0.05, 0.1) is 11.1 Å². The first-order valence-corrected chi connectivity index (χ1v) is 13.0. The van der Waals surface area contributed by atoms with Gasteiger partial charge in [-0.3, -0.25) is 0 Å². The molecule has 4 rings (SSSR count). The molecule has 0 bridgehead atoms. The van der Waals surface area contributed by atoms with E-state index in [2.05, 4.69) is 0 Å². The van der Waals surface area contributed by atoms with Crippen molar-refractivity contribution in [1.82, 2.24) is 0 Å². The van der Waals surface area contributed by atoms with Crippen LogP contribution in [0, 0.1) is 0 Å². The highest BCUT2D eigenvalue weighted by Crippen LogP contribution is 2.50. The van der Waals surface area contributed by atoms with E-state index in [4.69, 9.17) is 0 Å². The third-order valence-electron chi connectivity index (χ3n) is 7.02. The van der Waals surface area contributed by atoms with E-state index in [1.54, 1.807) is 36.4 Å². The van der Waals surface area contributed by atoms with Crippen molar-refractivity contribution in [2.45, 2.75) is 64.7 Å². The molecular formula is C34H32F6. The van der Waals surface area contributed by atoms with Crippen LogP contribution >= 0.6 is 0 Å². The SMILES string of the molecule is CC(C)(C)c1ccccc1-c1cc(C(F)(F)F)cc(-c2ccccc2C(C)(C)C)c1-c1ccccc1C(F)(F)F. The summed E-state index contributed by atoms with van der Waals surface area (Å²) in [6.45, 7) is 11.6. The molecule has 0 N–H and O–H groups in total. The maximum absolute atomic E-state index is 14.5. The highest BCUT2D eigenvalue weighted by atomic mass is 19.4. The number of hydrogen-bond donors (Lipinski definition) is 0. The monoisotopic (exact) mass is 554 g/mol. The first kappa shape index (κ1) is 29.4. The molecule has 4 aromatic rings. The first-order chi connectivity index (χ1) is 18.4. The lowest BCUT2D eigenvalue weighted by Crippen LogP contribution is -2.15. The summed E-state index contributed by atoms with van der Waals surface area (Å²) >= 11 is 0. The van der Waals surface area contributed by atoms with E-state index in [-0.39, 0.29) is 22.3 Å².